The maximum absolute atomic E-state index is 11.3. The van der Waals surface area contributed by atoms with Crippen LogP contribution in [0.1, 0.15) is 12.5 Å². The lowest BCUT2D eigenvalue weighted by atomic mass is 10.2. The smallest absolute Gasteiger partial charge is 0.257 e. The highest BCUT2D eigenvalue weighted by molar-refractivity contribution is 5.77. The molecule has 6 heteroatoms. The number of carbonyl (C=O) groups is 1. The van der Waals surface area contributed by atoms with Crippen molar-refractivity contribution >= 4 is 5.91 Å². The number of amides is 1. The topological polar surface area (TPSA) is 62.8 Å². The number of hydrogen-bond donors (Lipinski definition) is 2. The van der Waals surface area contributed by atoms with E-state index in [1.165, 1.54) is 5.56 Å². The van der Waals surface area contributed by atoms with Crippen molar-refractivity contribution in [2.24, 2.45) is 0 Å². The molecule has 0 bridgehead atoms. The van der Waals surface area contributed by atoms with Crippen LogP contribution in [0.2, 0.25) is 0 Å². The normalized spacial score (nSPS) is 18.6. The molecule has 1 fully saturated rings. The first kappa shape index (κ1) is 17.7. The molecule has 0 radical (unpaired) electrons. The van der Waals surface area contributed by atoms with Crippen LogP contribution < -0.4 is 15.4 Å². The lowest BCUT2D eigenvalue weighted by Crippen LogP contribution is -2.44. The zero-order valence-electron chi connectivity index (χ0n) is 14.0. The van der Waals surface area contributed by atoms with Gasteiger partial charge in [0, 0.05) is 32.7 Å². The van der Waals surface area contributed by atoms with E-state index in [0.29, 0.717) is 12.3 Å². The molecule has 0 aliphatic carbocycles. The van der Waals surface area contributed by atoms with Gasteiger partial charge in [0.2, 0.25) is 0 Å². The third-order valence-corrected chi connectivity index (χ3v) is 3.71. The Bertz CT molecular complexity index is 478. The van der Waals surface area contributed by atoms with Crippen molar-refractivity contribution in [3.8, 4) is 5.75 Å². The van der Waals surface area contributed by atoms with Crippen molar-refractivity contribution in [3.05, 3.63) is 29.8 Å². The average molecular weight is 321 g/mol. The van der Waals surface area contributed by atoms with E-state index in [4.69, 9.17) is 9.47 Å². The Morgan fingerprint density at radius 2 is 2.17 bits per heavy atom. The van der Waals surface area contributed by atoms with Crippen LogP contribution in [0.25, 0.3) is 0 Å². The summed E-state index contributed by atoms with van der Waals surface area (Å²) in [6.07, 6.45) is 0.258. The molecule has 1 unspecified atom stereocenters. The first-order valence-electron chi connectivity index (χ1n) is 8.16. The number of hydrogen-bond acceptors (Lipinski definition) is 5. The second kappa shape index (κ2) is 9.50. The van der Waals surface area contributed by atoms with Crippen molar-refractivity contribution < 1.29 is 14.3 Å². The highest BCUT2D eigenvalue weighted by atomic mass is 16.5. The highest BCUT2D eigenvalue weighted by Gasteiger charge is 2.16. The zero-order valence-corrected chi connectivity index (χ0v) is 14.0. The largest absolute Gasteiger partial charge is 0.484 e. The molecule has 0 spiro atoms. The van der Waals surface area contributed by atoms with Gasteiger partial charge in [-0.25, -0.2) is 0 Å². The monoisotopic (exact) mass is 321 g/mol. The fourth-order valence-corrected chi connectivity index (χ4v) is 2.47. The number of rotatable bonds is 8. The third kappa shape index (κ3) is 6.56. The Hall–Kier alpha value is -1.63. The van der Waals surface area contributed by atoms with Crippen molar-refractivity contribution in [2.45, 2.75) is 19.6 Å². The standard InChI is InChI=1S/C17H27N3O3/c1-3-19-17(21)13-23-15-6-4-14(5-7-15)10-18-11-16-12-20(2)8-9-22-16/h4-7,16,18H,3,8-13H2,1-2H3,(H,19,21). The number of ether oxygens (including phenoxy) is 2. The van der Waals surface area contributed by atoms with Crippen molar-refractivity contribution in [2.75, 3.05) is 46.4 Å². The van der Waals surface area contributed by atoms with Gasteiger partial charge >= 0.3 is 0 Å². The quantitative estimate of drug-likeness (QED) is 0.735. The van der Waals surface area contributed by atoms with Crippen molar-refractivity contribution in [1.82, 2.24) is 15.5 Å². The van der Waals surface area contributed by atoms with Crippen LogP contribution in [0.15, 0.2) is 24.3 Å². The molecule has 1 atom stereocenters. The molecular weight excluding hydrogens is 294 g/mol. The molecule has 2 rings (SSSR count). The van der Waals surface area contributed by atoms with E-state index in [0.717, 1.165) is 32.8 Å². The molecule has 1 amide bonds. The Morgan fingerprint density at radius 1 is 1.39 bits per heavy atom. The second-order valence-corrected chi connectivity index (χ2v) is 5.77. The lowest BCUT2D eigenvalue weighted by Gasteiger charge is -2.30. The predicted octanol–water partition coefficient (Wildman–Crippen LogP) is 0.622. The van der Waals surface area contributed by atoms with Crippen LogP contribution >= 0.6 is 0 Å². The Labute approximate surface area is 138 Å². The second-order valence-electron chi connectivity index (χ2n) is 5.77. The van der Waals surface area contributed by atoms with Gasteiger partial charge in [0.05, 0.1) is 12.7 Å². The summed E-state index contributed by atoms with van der Waals surface area (Å²) in [4.78, 5) is 13.6. The molecule has 1 aliphatic rings. The van der Waals surface area contributed by atoms with Gasteiger partial charge in [0.25, 0.3) is 5.91 Å². The minimum atomic E-state index is -0.101. The van der Waals surface area contributed by atoms with E-state index in [9.17, 15) is 4.79 Å². The van der Waals surface area contributed by atoms with E-state index >= 15 is 0 Å². The van der Waals surface area contributed by atoms with E-state index in [2.05, 4.69) is 22.6 Å². The van der Waals surface area contributed by atoms with Gasteiger partial charge in [-0.2, -0.15) is 0 Å². The fourth-order valence-electron chi connectivity index (χ4n) is 2.47. The van der Waals surface area contributed by atoms with Gasteiger partial charge in [-0.05, 0) is 31.7 Å². The molecule has 1 saturated heterocycles. The number of benzene rings is 1. The van der Waals surface area contributed by atoms with Crippen LogP contribution in [-0.4, -0.2) is 63.4 Å². The molecule has 1 aromatic rings. The molecule has 1 aliphatic heterocycles. The summed E-state index contributed by atoms with van der Waals surface area (Å²) < 4.78 is 11.1. The summed E-state index contributed by atoms with van der Waals surface area (Å²) in [5, 5.41) is 6.12. The summed E-state index contributed by atoms with van der Waals surface area (Å²) in [5.41, 5.74) is 1.18. The summed E-state index contributed by atoms with van der Waals surface area (Å²) in [6.45, 7) is 6.98. The number of likely N-dealkylation sites (N-methyl/N-ethyl adjacent to an activating group) is 2. The average Bonchev–Trinajstić information content (AvgIpc) is 2.54. The van der Waals surface area contributed by atoms with Crippen LogP contribution in [-0.2, 0) is 16.1 Å². The first-order valence-corrected chi connectivity index (χ1v) is 8.16. The molecule has 23 heavy (non-hydrogen) atoms. The van der Waals surface area contributed by atoms with Gasteiger partial charge in [0.1, 0.15) is 5.75 Å². The van der Waals surface area contributed by atoms with Crippen molar-refractivity contribution in [3.63, 3.8) is 0 Å². The lowest BCUT2D eigenvalue weighted by molar-refractivity contribution is -0.122. The van der Waals surface area contributed by atoms with Crippen LogP contribution in [0, 0.1) is 0 Å². The van der Waals surface area contributed by atoms with E-state index in [1.807, 2.05) is 31.2 Å². The summed E-state index contributed by atoms with van der Waals surface area (Å²) >= 11 is 0. The van der Waals surface area contributed by atoms with Crippen LogP contribution in [0.4, 0.5) is 0 Å². The molecular formula is C17H27N3O3. The Kier molecular flexibility index (Phi) is 7.32. The number of carbonyl (C=O) groups excluding carboxylic acids is 1. The highest BCUT2D eigenvalue weighted by Crippen LogP contribution is 2.12. The van der Waals surface area contributed by atoms with Gasteiger partial charge in [-0.15, -0.1) is 0 Å². The number of morpholine rings is 1. The van der Waals surface area contributed by atoms with E-state index in [1.54, 1.807) is 0 Å². The molecule has 1 aromatic carbocycles. The minimum absolute atomic E-state index is 0.0535. The number of nitrogens with zero attached hydrogens (tertiary/aromatic N) is 1. The summed E-state index contributed by atoms with van der Waals surface area (Å²) in [6, 6.07) is 7.80. The third-order valence-electron chi connectivity index (χ3n) is 3.71. The van der Waals surface area contributed by atoms with Gasteiger partial charge in [-0.3, -0.25) is 4.79 Å². The Morgan fingerprint density at radius 3 is 2.87 bits per heavy atom. The maximum atomic E-state index is 11.3. The number of nitrogens with one attached hydrogen (secondary N) is 2. The zero-order chi connectivity index (χ0) is 16.5. The first-order chi connectivity index (χ1) is 11.2. The Balaban J connectivity index is 1.67. The summed E-state index contributed by atoms with van der Waals surface area (Å²) in [7, 11) is 2.12. The summed E-state index contributed by atoms with van der Waals surface area (Å²) in [5.74, 6) is 0.605. The molecule has 1 heterocycles. The van der Waals surface area contributed by atoms with Gasteiger partial charge in [0.15, 0.2) is 6.61 Å². The van der Waals surface area contributed by atoms with E-state index in [-0.39, 0.29) is 18.6 Å². The predicted molar refractivity (Wildman–Crippen MR) is 89.6 cm³/mol. The molecule has 2 N–H and O–H groups in total. The molecule has 128 valence electrons. The van der Waals surface area contributed by atoms with Crippen molar-refractivity contribution in [1.29, 1.82) is 0 Å². The fraction of sp³-hybridized carbons (Fsp3) is 0.588. The minimum Gasteiger partial charge on any atom is -0.484 e. The van der Waals surface area contributed by atoms with E-state index < -0.39 is 0 Å². The maximum Gasteiger partial charge on any atom is 0.257 e. The molecule has 6 nitrogen and oxygen atoms in total. The van der Waals surface area contributed by atoms with Gasteiger partial charge in [-0.1, -0.05) is 12.1 Å². The SMILES string of the molecule is CCNC(=O)COc1ccc(CNCC2CN(C)CCO2)cc1. The van der Waals surface area contributed by atoms with Gasteiger partial charge < -0.3 is 25.0 Å². The molecule has 0 aromatic heterocycles. The molecule has 0 saturated carbocycles. The van der Waals surface area contributed by atoms with Crippen LogP contribution in [0.5, 0.6) is 5.75 Å². The van der Waals surface area contributed by atoms with Crippen LogP contribution in [0.3, 0.4) is 0 Å².